The molecule has 0 saturated carbocycles. The van der Waals surface area contributed by atoms with E-state index in [9.17, 15) is 8.78 Å². The van der Waals surface area contributed by atoms with Crippen molar-refractivity contribution in [1.82, 2.24) is 25.0 Å². The number of ether oxygens (including phenoxy) is 2. The zero-order chi connectivity index (χ0) is 22.0. The van der Waals surface area contributed by atoms with Crippen LogP contribution in [0.15, 0.2) is 48.8 Å². The summed E-state index contributed by atoms with van der Waals surface area (Å²) >= 11 is 0. The van der Waals surface area contributed by atoms with E-state index >= 15 is 0 Å². The highest BCUT2D eigenvalue weighted by molar-refractivity contribution is 5.80. The molecule has 2 aromatic carbocycles. The summed E-state index contributed by atoms with van der Waals surface area (Å²) in [5, 5.41) is 15.3. The van der Waals surface area contributed by atoms with E-state index in [2.05, 4.69) is 25.6 Å². The Morgan fingerprint density at radius 1 is 0.935 bits per heavy atom. The molecule has 8 nitrogen and oxygen atoms in total. The number of nitrogens with zero attached hydrogens (tertiary/aromatic N) is 5. The molecule has 0 aliphatic rings. The molecule has 31 heavy (non-hydrogen) atoms. The Kier molecular flexibility index (Phi) is 5.44. The minimum Gasteiger partial charge on any atom is -0.494 e. The molecular formula is C21H18F2N6O2. The number of rotatable bonds is 6. The largest absolute Gasteiger partial charge is 0.494 e. The molecule has 1 N–H and O–H groups in total. The van der Waals surface area contributed by atoms with Crippen LogP contribution in [0.2, 0.25) is 0 Å². The SMILES string of the molecule is COc1nnc(-c2c(F)cccc2F)cc1Nc1cccc(-c2ncn(C)n2)c1OC. The van der Waals surface area contributed by atoms with Crippen LogP contribution in [0.5, 0.6) is 11.6 Å². The van der Waals surface area contributed by atoms with Crippen molar-refractivity contribution >= 4 is 11.4 Å². The smallest absolute Gasteiger partial charge is 0.257 e. The first kappa shape index (κ1) is 20.2. The van der Waals surface area contributed by atoms with Crippen molar-refractivity contribution in [3.05, 3.63) is 60.4 Å². The molecule has 2 aromatic heterocycles. The van der Waals surface area contributed by atoms with Crippen LogP contribution in [0.1, 0.15) is 0 Å². The number of para-hydroxylation sites is 1. The molecule has 158 valence electrons. The Labute approximate surface area is 176 Å². The van der Waals surface area contributed by atoms with Gasteiger partial charge in [0.05, 0.1) is 31.0 Å². The summed E-state index contributed by atoms with van der Waals surface area (Å²) in [5.41, 5.74) is 1.30. The lowest BCUT2D eigenvalue weighted by Crippen LogP contribution is -2.03. The maximum absolute atomic E-state index is 14.2. The lowest BCUT2D eigenvalue weighted by Gasteiger charge is -2.16. The summed E-state index contributed by atoms with van der Waals surface area (Å²) in [6.07, 6.45) is 1.58. The van der Waals surface area contributed by atoms with Crippen molar-refractivity contribution in [2.24, 2.45) is 7.05 Å². The van der Waals surface area contributed by atoms with Crippen LogP contribution in [0.3, 0.4) is 0 Å². The number of hydrogen-bond acceptors (Lipinski definition) is 7. The summed E-state index contributed by atoms with van der Waals surface area (Å²) in [5.74, 6) is -0.385. The zero-order valence-electron chi connectivity index (χ0n) is 16.9. The van der Waals surface area contributed by atoms with Crippen LogP contribution >= 0.6 is 0 Å². The van der Waals surface area contributed by atoms with Gasteiger partial charge in [-0.15, -0.1) is 10.2 Å². The third-order valence-corrected chi connectivity index (χ3v) is 4.50. The number of hydrogen-bond donors (Lipinski definition) is 1. The average molecular weight is 424 g/mol. The first-order valence-corrected chi connectivity index (χ1v) is 9.18. The van der Waals surface area contributed by atoms with Crippen molar-refractivity contribution in [2.45, 2.75) is 0 Å². The van der Waals surface area contributed by atoms with E-state index in [-0.39, 0.29) is 17.1 Å². The van der Waals surface area contributed by atoms with Gasteiger partial charge in [0, 0.05) is 7.05 Å². The summed E-state index contributed by atoms with van der Waals surface area (Å²) in [4.78, 5) is 4.26. The third kappa shape index (κ3) is 3.87. The van der Waals surface area contributed by atoms with Crippen LogP contribution in [0.4, 0.5) is 20.2 Å². The average Bonchev–Trinajstić information content (AvgIpc) is 3.20. The van der Waals surface area contributed by atoms with Crippen molar-refractivity contribution < 1.29 is 18.3 Å². The van der Waals surface area contributed by atoms with E-state index in [1.165, 1.54) is 26.4 Å². The standard InChI is InChI=1S/C21H18F2N6O2/c1-29-11-24-20(28-29)12-6-4-9-15(19(12)30-2)25-17-10-16(26-27-21(17)31-3)18-13(22)7-5-8-14(18)23/h4-11H,1-3H3,(H,25,26). The molecule has 0 spiro atoms. The molecule has 0 radical (unpaired) electrons. The highest BCUT2D eigenvalue weighted by Gasteiger charge is 2.19. The Balaban J connectivity index is 1.79. The van der Waals surface area contributed by atoms with Crippen LogP contribution in [-0.2, 0) is 7.05 Å². The molecule has 4 aromatic rings. The summed E-state index contributed by atoms with van der Waals surface area (Å²) < 4.78 is 40.9. The van der Waals surface area contributed by atoms with E-state index in [0.717, 1.165) is 12.1 Å². The number of aromatic nitrogens is 5. The first-order chi connectivity index (χ1) is 15.0. The maximum atomic E-state index is 14.2. The van der Waals surface area contributed by atoms with Gasteiger partial charge in [0.2, 0.25) is 0 Å². The highest BCUT2D eigenvalue weighted by Crippen LogP contribution is 2.38. The van der Waals surface area contributed by atoms with Gasteiger partial charge in [-0.1, -0.05) is 12.1 Å². The van der Waals surface area contributed by atoms with Gasteiger partial charge in [0.15, 0.2) is 11.6 Å². The molecule has 0 aliphatic carbocycles. The fourth-order valence-electron chi connectivity index (χ4n) is 3.12. The van der Waals surface area contributed by atoms with Gasteiger partial charge >= 0.3 is 0 Å². The lowest BCUT2D eigenvalue weighted by molar-refractivity contribution is 0.394. The van der Waals surface area contributed by atoms with Crippen molar-refractivity contribution in [1.29, 1.82) is 0 Å². The minimum atomic E-state index is -0.744. The second-order valence-electron chi connectivity index (χ2n) is 6.50. The fourth-order valence-corrected chi connectivity index (χ4v) is 3.12. The van der Waals surface area contributed by atoms with Crippen molar-refractivity contribution in [3.63, 3.8) is 0 Å². The third-order valence-electron chi connectivity index (χ3n) is 4.50. The Morgan fingerprint density at radius 3 is 2.32 bits per heavy atom. The van der Waals surface area contributed by atoms with E-state index < -0.39 is 11.6 Å². The maximum Gasteiger partial charge on any atom is 0.257 e. The molecule has 2 heterocycles. The quantitative estimate of drug-likeness (QED) is 0.501. The summed E-state index contributed by atoms with van der Waals surface area (Å²) in [6.45, 7) is 0. The van der Waals surface area contributed by atoms with Gasteiger partial charge in [-0.3, -0.25) is 4.68 Å². The molecular weight excluding hydrogens is 406 g/mol. The first-order valence-electron chi connectivity index (χ1n) is 9.18. The molecule has 0 aliphatic heterocycles. The van der Waals surface area contributed by atoms with E-state index in [0.29, 0.717) is 28.5 Å². The van der Waals surface area contributed by atoms with E-state index in [1.807, 2.05) is 6.07 Å². The second-order valence-corrected chi connectivity index (χ2v) is 6.50. The molecule has 10 heteroatoms. The van der Waals surface area contributed by atoms with E-state index in [4.69, 9.17) is 9.47 Å². The Bertz CT molecular complexity index is 1220. The molecule has 0 saturated heterocycles. The molecule has 0 fully saturated rings. The number of nitrogens with one attached hydrogen (secondary N) is 1. The van der Waals surface area contributed by atoms with Crippen molar-refractivity contribution in [2.75, 3.05) is 19.5 Å². The van der Waals surface area contributed by atoms with Crippen LogP contribution in [0.25, 0.3) is 22.6 Å². The summed E-state index contributed by atoms with van der Waals surface area (Å²) in [6, 6.07) is 10.4. The number of anilines is 2. The van der Waals surface area contributed by atoms with Gasteiger partial charge in [0.1, 0.15) is 29.3 Å². The molecule has 0 atom stereocenters. The lowest BCUT2D eigenvalue weighted by atomic mass is 10.1. The predicted molar refractivity (Wildman–Crippen MR) is 110 cm³/mol. The number of halogens is 2. The van der Waals surface area contributed by atoms with E-state index in [1.54, 1.807) is 30.2 Å². The van der Waals surface area contributed by atoms with Crippen LogP contribution < -0.4 is 14.8 Å². The van der Waals surface area contributed by atoms with Gasteiger partial charge in [-0.25, -0.2) is 13.8 Å². The Hall–Kier alpha value is -4.08. The predicted octanol–water partition coefficient (Wildman–Crippen LogP) is 3.98. The molecule has 0 unspecified atom stereocenters. The van der Waals surface area contributed by atoms with Crippen molar-refractivity contribution in [3.8, 4) is 34.3 Å². The fraction of sp³-hybridized carbons (Fsp3) is 0.143. The van der Waals surface area contributed by atoms with Gasteiger partial charge in [-0.05, 0) is 30.3 Å². The molecule has 0 bridgehead atoms. The minimum absolute atomic E-state index is 0.0143. The number of methoxy groups -OCH3 is 2. The van der Waals surface area contributed by atoms with Gasteiger partial charge < -0.3 is 14.8 Å². The van der Waals surface area contributed by atoms with Gasteiger partial charge in [0.25, 0.3) is 5.88 Å². The van der Waals surface area contributed by atoms with Crippen LogP contribution in [-0.4, -0.2) is 39.2 Å². The Morgan fingerprint density at radius 2 is 1.68 bits per heavy atom. The normalized spacial score (nSPS) is 10.7. The molecule has 4 rings (SSSR count). The van der Waals surface area contributed by atoms with Gasteiger partial charge in [-0.2, -0.15) is 5.10 Å². The summed E-state index contributed by atoms with van der Waals surface area (Å²) in [7, 11) is 4.71. The zero-order valence-corrected chi connectivity index (χ0v) is 16.9. The monoisotopic (exact) mass is 424 g/mol. The number of benzene rings is 2. The van der Waals surface area contributed by atoms with Crippen LogP contribution in [0, 0.1) is 11.6 Å². The highest BCUT2D eigenvalue weighted by atomic mass is 19.1. The second kappa shape index (κ2) is 8.34. The topological polar surface area (TPSA) is 87.0 Å². The number of aryl methyl sites for hydroxylation is 1. The molecule has 0 amide bonds.